The number of hydrogen-bond acceptors (Lipinski definition) is 4. The lowest BCUT2D eigenvalue weighted by Crippen LogP contribution is -2.29. The van der Waals surface area contributed by atoms with Gasteiger partial charge >= 0.3 is 0 Å². The first-order valence-corrected chi connectivity index (χ1v) is 11.4. The highest BCUT2D eigenvalue weighted by molar-refractivity contribution is 7.98. The lowest BCUT2D eigenvalue weighted by Gasteiger charge is -2.20. The molecular weight excluding hydrogens is 380 g/mol. The van der Waals surface area contributed by atoms with Gasteiger partial charge in [0, 0.05) is 17.9 Å². The number of carbonyl (C=O) groups excluding carboxylic acids is 1. The van der Waals surface area contributed by atoms with E-state index in [1.165, 1.54) is 24.8 Å². The van der Waals surface area contributed by atoms with Crippen LogP contribution in [0.3, 0.4) is 0 Å². The van der Waals surface area contributed by atoms with Crippen LogP contribution in [0.15, 0.2) is 46.2 Å². The van der Waals surface area contributed by atoms with Crippen molar-refractivity contribution in [1.29, 1.82) is 0 Å². The Bertz CT molecular complexity index is 940. The third-order valence-electron chi connectivity index (χ3n) is 4.30. The average molecular weight is 407 g/mol. The molecule has 0 unspecified atom stereocenters. The Balaban J connectivity index is 2.38. The van der Waals surface area contributed by atoms with Crippen LogP contribution >= 0.6 is 11.8 Å². The molecule has 1 atom stereocenters. The van der Waals surface area contributed by atoms with Gasteiger partial charge in [-0.3, -0.25) is 4.79 Å². The molecule has 0 saturated heterocycles. The monoisotopic (exact) mass is 406 g/mol. The number of benzene rings is 2. The van der Waals surface area contributed by atoms with Gasteiger partial charge in [-0.2, -0.15) is 0 Å². The van der Waals surface area contributed by atoms with Gasteiger partial charge in [-0.25, -0.2) is 13.1 Å². The molecule has 0 bridgehead atoms. The largest absolute Gasteiger partial charge is 0.325 e. The van der Waals surface area contributed by atoms with Crippen LogP contribution in [0.4, 0.5) is 5.69 Å². The molecule has 0 aromatic heterocycles. The van der Waals surface area contributed by atoms with Crippen molar-refractivity contribution in [1.82, 2.24) is 4.72 Å². The second-order valence-corrected chi connectivity index (χ2v) is 9.05. The Kier molecular flexibility index (Phi) is 7.08. The quantitative estimate of drug-likeness (QED) is 0.668. The molecule has 27 heavy (non-hydrogen) atoms. The van der Waals surface area contributed by atoms with E-state index in [0.29, 0.717) is 12.1 Å². The van der Waals surface area contributed by atoms with E-state index < -0.39 is 10.0 Å². The average Bonchev–Trinajstić information content (AvgIpc) is 2.59. The van der Waals surface area contributed by atoms with Crippen LogP contribution in [0.1, 0.15) is 43.0 Å². The standard InChI is InChI=1S/C20H26N2O3S2/c1-6-18(17-9-7-13(2)11-14(17)3)22-27(24,25)16-8-10-20(26-5)19(12-16)21-15(4)23/h7-12,18,22H,6H2,1-5H3,(H,21,23)/t18-/m0/s1. The van der Waals surface area contributed by atoms with Crippen molar-refractivity contribution in [3.8, 4) is 0 Å². The molecule has 0 heterocycles. The van der Waals surface area contributed by atoms with Crippen LogP contribution in [-0.2, 0) is 14.8 Å². The fourth-order valence-corrected chi connectivity index (χ4v) is 4.84. The summed E-state index contributed by atoms with van der Waals surface area (Å²) < 4.78 is 28.7. The molecule has 5 nitrogen and oxygen atoms in total. The summed E-state index contributed by atoms with van der Waals surface area (Å²) in [5, 5.41) is 2.70. The van der Waals surface area contributed by atoms with Gasteiger partial charge in [0.1, 0.15) is 0 Å². The molecule has 0 saturated carbocycles. The first kappa shape index (κ1) is 21.5. The highest BCUT2D eigenvalue weighted by Crippen LogP contribution is 2.30. The summed E-state index contributed by atoms with van der Waals surface area (Å²) in [6.45, 7) is 7.35. The lowest BCUT2D eigenvalue weighted by molar-refractivity contribution is -0.114. The Labute approximate surface area is 166 Å². The second-order valence-electron chi connectivity index (χ2n) is 6.49. The fourth-order valence-electron chi connectivity index (χ4n) is 2.98. The van der Waals surface area contributed by atoms with Gasteiger partial charge in [-0.15, -0.1) is 11.8 Å². The topological polar surface area (TPSA) is 75.3 Å². The highest BCUT2D eigenvalue weighted by Gasteiger charge is 2.22. The van der Waals surface area contributed by atoms with E-state index in [0.717, 1.165) is 21.6 Å². The van der Waals surface area contributed by atoms with E-state index >= 15 is 0 Å². The molecule has 2 aromatic carbocycles. The Morgan fingerprint density at radius 1 is 1.15 bits per heavy atom. The summed E-state index contributed by atoms with van der Waals surface area (Å²) in [7, 11) is -3.74. The van der Waals surface area contributed by atoms with Crippen molar-refractivity contribution in [2.45, 2.75) is 49.9 Å². The van der Waals surface area contributed by atoms with E-state index in [9.17, 15) is 13.2 Å². The summed E-state index contributed by atoms with van der Waals surface area (Å²) >= 11 is 1.45. The minimum Gasteiger partial charge on any atom is -0.325 e. The van der Waals surface area contributed by atoms with Gasteiger partial charge in [0.15, 0.2) is 0 Å². The van der Waals surface area contributed by atoms with E-state index in [1.54, 1.807) is 12.1 Å². The fraction of sp³-hybridized carbons (Fsp3) is 0.350. The minimum absolute atomic E-state index is 0.132. The van der Waals surface area contributed by atoms with Crippen LogP contribution in [-0.4, -0.2) is 20.6 Å². The van der Waals surface area contributed by atoms with Gasteiger partial charge in [-0.05, 0) is 55.9 Å². The molecule has 0 aliphatic heterocycles. The van der Waals surface area contributed by atoms with Crippen LogP contribution in [0.5, 0.6) is 0 Å². The molecule has 7 heteroatoms. The molecular formula is C20H26N2O3S2. The maximum absolute atomic E-state index is 13.0. The van der Waals surface area contributed by atoms with E-state index in [4.69, 9.17) is 0 Å². The Morgan fingerprint density at radius 3 is 2.41 bits per heavy atom. The number of carbonyl (C=O) groups is 1. The summed E-state index contributed by atoms with van der Waals surface area (Å²) in [4.78, 5) is 12.4. The summed E-state index contributed by atoms with van der Waals surface area (Å²) in [6, 6.07) is 10.5. The van der Waals surface area contributed by atoms with Crippen molar-refractivity contribution >= 4 is 33.4 Å². The van der Waals surface area contributed by atoms with Gasteiger partial charge < -0.3 is 5.32 Å². The van der Waals surface area contributed by atoms with Crippen molar-refractivity contribution in [3.05, 3.63) is 53.1 Å². The Hall–Kier alpha value is -1.83. The predicted molar refractivity (Wildman–Crippen MR) is 112 cm³/mol. The van der Waals surface area contributed by atoms with E-state index in [2.05, 4.69) is 16.1 Å². The molecule has 2 rings (SSSR count). The van der Waals surface area contributed by atoms with Crippen LogP contribution < -0.4 is 10.0 Å². The van der Waals surface area contributed by atoms with Crippen LogP contribution in [0.2, 0.25) is 0 Å². The maximum atomic E-state index is 13.0. The predicted octanol–water partition coefficient (Wildman–Crippen LogP) is 4.41. The van der Waals surface area contributed by atoms with Gasteiger partial charge in [0.2, 0.25) is 15.9 Å². The van der Waals surface area contributed by atoms with Gasteiger partial charge in [0.25, 0.3) is 0 Å². The van der Waals surface area contributed by atoms with Crippen molar-refractivity contribution in [2.24, 2.45) is 0 Å². The molecule has 0 aliphatic rings. The number of hydrogen-bond donors (Lipinski definition) is 2. The zero-order chi connectivity index (χ0) is 20.2. The summed E-state index contributed by atoms with van der Waals surface area (Å²) in [5.74, 6) is -0.241. The molecule has 2 aromatic rings. The summed E-state index contributed by atoms with van der Waals surface area (Å²) in [5.41, 5.74) is 3.66. The molecule has 0 fully saturated rings. The molecule has 0 aliphatic carbocycles. The first-order valence-electron chi connectivity index (χ1n) is 8.73. The lowest BCUT2D eigenvalue weighted by atomic mass is 9.98. The van der Waals surface area contributed by atoms with Gasteiger partial charge in [-0.1, -0.05) is 30.7 Å². The molecule has 2 N–H and O–H groups in total. The molecule has 0 radical (unpaired) electrons. The van der Waals surface area contributed by atoms with Crippen molar-refractivity contribution < 1.29 is 13.2 Å². The molecule has 0 spiro atoms. The second kappa shape index (κ2) is 8.91. The number of aryl methyl sites for hydroxylation is 2. The van der Waals surface area contributed by atoms with Crippen molar-refractivity contribution in [2.75, 3.05) is 11.6 Å². The number of amides is 1. The SMILES string of the molecule is CC[C@H](NS(=O)(=O)c1ccc(SC)c(NC(C)=O)c1)c1ccc(C)cc1C. The molecule has 146 valence electrons. The summed E-state index contributed by atoms with van der Waals surface area (Å²) in [6.07, 6.45) is 2.50. The van der Waals surface area contributed by atoms with E-state index in [1.807, 2.05) is 39.2 Å². The number of nitrogens with one attached hydrogen (secondary N) is 2. The Morgan fingerprint density at radius 2 is 1.85 bits per heavy atom. The highest BCUT2D eigenvalue weighted by atomic mass is 32.2. The zero-order valence-corrected chi connectivity index (χ0v) is 17.9. The number of sulfonamides is 1. The number of anilines is 1. The first-order chi connectivity index (χ1) is 12.7. The zero-order valence-electron chi connectivity index (χ0n) is 16.3. The normalized spacial score (nSPS) is 12.6. The van der Waals surface area contributed by atoms with Crippen LogP contribution in [0.25, 0.3) is 0 Å². The third kappa shape index (κ3) is 5.34. The maximum Gasteiger partial charge on any atom is 0.241 e. The van der Waals surface area contributed by atoms with E-state index in [-0.39, 0.29) is 16.8 Å². The number of thioether (sulfide) groups is 1. The molecule has 1 amide bonds. The third-order valence-corrected chi connectivity index (χ3v) is 6.56. The van der Waals surface area contributed by atoms with Crippen molar-refractivity contribution in [3.63, 3.8) is 0 Å². The van der Waals surface area contributed by atoms with Gasteiger partial charge in [0.05, 0.1) is 10.6 Å². The number of rotatable bonds is 7. The minimum atomic E-state index is -3.74. The van der Waals surface area contributed by atoms with Crippen LogP contribution in [0, 0.1) is 13.8 Å². The smallest absolute Gasteiger partial charge is 0.241 e.